The zero-order valence-electron chi connectivity index (χ0n) is 7.45. The fraction of sp³-hybridized carbons (Fsp3) is 1.00. The number of nitrogens with zero attached hydrogens (tertiary/aromatic N) is 1. The summed E-state index contributed by atoms with van der Waals surface area (Å²) < 4.78 is 0. The van der Waals surface area contributed by atoms with Gasteiger partial charge in [0, 0.05) is 25.2 Å². The maximum atomic E-state index is 3.51. The molecule has 74 valence electrons. The number of piperazine rings is 1. The number of halogens is 2. The van der Waals surface area contributed by atoms with Gasteiger partial charge >= 0.3 is 0 Å². The van der Waals surface area contributed by atoms with Gasteiger partial charge in [0.05, 0.1) is 0 Å². The van der Waals surface area contributed by atoms with E-state index >= 15 is 0 Å². The normalized spacial score (nSPS) is 34.8. The van der Waals surface area contributed by atoms with Gasteiger partial charge < -0.3 is 5.32 Å². The van der Waals surface area contributed by atoms with Gasteiger partial charge in [0.15, 0.2) is 0 Å². The van der Waals surface area contributed by atoms with Crippen LogP contribution in [-0.4, -0.2) is 36.6 Å². The quantitative estimate of drug-likeness (QED) is 0.652. The van der Waals surface area contributed by atoms with Crippen LogP contribution in [-0.2, 0) is 0 Å². The zero-order valence-corrected chi connectivity index (χ0v) is 9.09. The van der Waals surface area contributed by atoms with E-state index < -0.39 is 0 Å². The van der Waals surface area contributed by atoms with Crippen LogP contribution in [0.2, 0.25) is 0 Å². The molecule has 1 N–H and O–H groups in total. The maximum Gasteiger partial charge on any atom is 0.0247 e. The average molecular weight is 213 g/mol. The van der Waals surface area contributed by atoms with Crippen LogP contribution in [0.5, 0.6) is 0 Å². The summed E-state index contributed by atoms with van der Waals surface area (Å²) >= 11 is 0. The van der Waals surface area contributed by atoms with Gasteiger partial charge in [-0.25, -0.2) is 0 Å². The first kappa shape index (κ1) is 12.5. The molecule has 2 nitrogen and oxygen atoms in total. The van der Waals surface area contributed by atoms with Crippen molar-refractivity contribution in [1.82, 2.24) is 10.2 Å². The lowest BCUT2D eigenvalue weighted by Gasteiger charge is -2.35. The van der Waals surface area contributed by atoms with Gasteiger partial charge in [0.25, 0.3) is 0 Å². The van der Waals surface area contributed by atoms with Gasteiger partial charge in [0.1, 0.15) is 0 Å². The maximum absolute atomic E-state index is 3.51. The van der Waals surface area contributed by atoms with E-state index in [2.05, 4.69) is 17.1 Å². The first-order chi connectivity index (χ1) is 4.88. The van der Waals surface area contributed by atoms with E-state index in [9.17, 15) is 0 Å². The van der Waals surface area contributed by atoms with Crippen molar-refractivity contribution in [1.29, 1.82) is 0 Å². The lowest BCUT2D eigenvalue weighted by Crippen LogP contribution is -2.53. The van der Waals surface area contributed by atoms with E-state index in [1.807, 2.05) is 0 Å². The first-order valence-corrected chi connectivity index (χ1v) is 4.35. The monoisotopic (exact) mass is 212 g/mol. The molecule has 0 bridgehead atoms. The van der Waals surface area contributed by atoms with Crippen LogP contribution in [0.3, 0.4) is 0 Å². The Morgan fingerprint density at radius 2 is 2.00 bits per heavy atom. The summed E-state index contributed by atoms with van der Waals surface area (Å²) in [5, 5.41) is 3.51. The molecule has 2 aliphatic rings. The van der Waals surface area contributed by atoms with E-state index in [4.69, 9.17) is 0 Å². The molecular formula is C8H18Cl2N2. The highest BCUT2D eigenvalue weighted by Gasteiger charge is 2.31. The Hall–Kier alpha value is 0.500. The van der Waals surface area contributed by atoms with E-state index in [1.54, 1.807) is 0 Å². The molecule has 0 aliphatic carbocycles. The molecule has 2 saturated heterocycles. The fourth-order valence-electron chi connectivity index (χ4n) is 2.27. The van der Waals surface area contributed by atoms with Crippen molar-refractivity contribution in [2.24, 2.45) is 0 Å². The lowest BCUT2D eigenvalue weighted by atomic mass is 10.1. The molecule has 0 aromatic rings. The molecule has 4 heteroatoms. The molecule has 12 heavy (non-hydrogen) atoms. The van der Waals surface area contributed by atoms with Crippen molar-refractivity contribution >= 4 is 24.8 Å². The second-order valence-electron chi connectivity index (χ2n) is 3.49. The van der Waals surface area contributed by atoms with Crippen LogP contribution >= 0.6 is 24.8 Å². The third-order valence-electron chi connectivity index (χ3n) is 2.86. The largest absolute Gasteiger partial charge is 0.311 e. The Kier molecular flexibility index (Phi) is 5.50. The summed E-state index contributed by atoms with van der Waals surface area (Å²) in [5.74, 6) is 0. The molecule has 0 amide bonds. The number of fused-ring (bicyclic) bond motifs is 1. The molecular weight excluding hydrogens is 195 g/mol. The molecule has 0 radical (unpaired) electrons. The molecule has 2 rings (SSSR count). The first-order valence-electron chi connectivity index (χ1n) is 4.35. The SMILES string of the molecule is CC1NCCN2CCCC12.Cl.Cl. The summed E-state index contributed by atoms with van der Waals surface area (Å²) in [6.45, 7) is 6.12. The molecule has 2 aliphatic heterocycles. The molecule has 2 heterocycles. The standard InChI is InChI=1S/C8H16N2.2ClH/c1-7-8-3-2-5-10(8)6-4-9-7;;/h7-9H,2-6H2,1H3;2*1H. The second kappa shape index (κ2) is 5.28. The second-order valence-corrected chi connectivity index (χ2v) is 3.49. The van der Waals surface area contributed by atoms with Crippen LogP contribution in [0.1, 0.15) is 19.8 Å². The van der Waals surface area contributed by atoms with E-state index in [-0.39, 0.29) is 24.8 Å². The summed E-state index contributed by atoms with van der Waals surface area (Å²) in [6, 6.07) is 1.59. The van der Waals surface area contributed by atoms with Crippen LogP contribution in [0.4, 0.5) is 0 Å². The smallest absolute Gasteiger partial charge is 0.0247 e. The highest BCUT2D eigenvalue weighted by molar-refractivity contribution is 5.85. The average Bonchev–Trinajstić information content (AvgIpc) is 2.36. The topological polar surface area (TPSA) is 15.3 Å². The summed E-state index contributed by atoms with van der Waals surface area (Å²) in [7, 11) is 0. The Balaban J connectivity index is 0.000000605. The van der Waals surface area contributed by atoms with E-state index in [0.717, 1.165) is 12.1 Å². The van der Waals surface area contributed by atoms with Crippen molar-refractivity contribution in [2.45, 2.75) is 31.8 Å². The van der Waals surface area contributed by atoms with Crippen LogP contribution < -0.4 is 5.32 Å². The molecule has 0 spiro atoms. The molecule has 0 aromatic carbocycles. The van der Waals surface area contributed by atoms with Crippen LogP contribution in [0, 0.1) is 0 Å². The minimum atomic E-state index is 0. The molecule has 2 atom stereocenters. The number of rotatable bonds is 0. The highest BCUT2D eigenvalue weighted by atomic mass is 35.5. The third-order valence-corrected chi connectivity index (χ3v) is 2.86. The number of hydrogen-bond acceptors (Lipinski definition) is 2. The fourth-order valence-corrected chi connectivity index (χ4v) is 2.27. The minimum Gasteiger partial charge on any atom is -0.311 e. The Morgan fingerprint density at radius 3 is 2.67 bits per heavy atom. The zero-order chi connectivity index (χ0) is 6.97. The van der Waals surface area contributed by atoms with Gasteiger partial charge in [-0.2, -0.15) is 0 Å². The Bertz CT molecular complexity index is 132. The summed E-state index contributed by atoms with van der Waals surface area (Å²) in [4.78, 5) is 2.63. The lowest BCUT2D eigenvalue weighted by molar-refractivity contribution is 0.171. The van der Waals surface area contributed by atoms with Gasteiger partial charge in [0.2, 0.25) is 0 Å². The van der Waals surface area contributed by atoms with Crippen molar-refractivity contribution < 1.29 is 0 Å². The highest BCUT2D eigenvalue weighted by Crippen LogP contribution is 2.21. The number of nitrogens with one attached hydrogen (secondary N) is 1. The van der Waals surface area contributed by atoms with Crippen molar-refractivity contribution in [3.63, 3.8) is 0 Å². The minimum absolute atomic E-state index is 0. The van der Waals surface area contributed by atoms with Gasteiger partial charge in [-0.15, -0.1) is 24.8 Å². The molecule has 0 aromatic heterocycles. The summed E-state index contributed by atoms with van der Waals surface area (Å²) in [6.07, 6.45) is 2.82. The van der Waals surface area contributed by atoms with Crippen LogP contribution in [0.25, 0.3) is 0 Å². The van der Waals surface area contributed by atoms with Gasteiger partial charge in [-0.05, 0) is 26.3 Å². The van der Waals surface area contributed by atoms with Gasteiger partial charge in [-0.1, -0.05) is 0 Å². The number of hydrogen-bond donors (Lipinski definition) is 1. The predicted octanol–water partition coefficient (Wildman–Crippen LogP) is 1.29. The van der Waals surface area contributed by atoms with E-state index in [1.165, 1.54) is 32.5 Å². The molecule has 2 fully saturated rings. The van der Waals surface area contributed by atoms with Crippen molar-refractivity contribution in [2.75, 3.05) is 19.6 Å². The molecule has 2 unspecified atom stereocenters. The van der Waals surface area contributed by atoms with Crippen LogP contribution in [0.15, 0.2) is 0 Å². The Morgan fingerprint density at radius 1 is 1.25 bits per heavy atom. The van der Waals surface area contributed by atoms with Crippen molar-refractivity contribution in [3.8, 4) is 0 Å². The predicted molar refractivity (Wildman–Crippen MR) is 56.6 cm³/mol. The summed E-state index contributed by atoms with van der Waals surface area (Å²) in [5.41, 5.74) is 0. The Labute approximate surface area is 86.9 Å². The van der Waals surface area contributed by atoms with Gasteiger partial charge in [-0.3, -0.25) is 4.90 Å². The van der Waals surface area contributed by atoms with E-state index in [0.29, 0.717) is 0 Å². The third kappa shape index (κ3) is 2.25. The molecule has 0 saturated carbocycles. The van der Waals surface area contributed by atoms with Crippen molar-refractivity contribution in [3.05, 3.63) is 0 Å².